The molecule has 0 aromatic heterocycles. The number of carbonyl (C=O) groups excluding carboxylic acids is 1. The second-order valence-corrected chi connectivity index (χ2v) is 5.31. The van der Waals surface area contributed by atoms with Crippen molar-refractivity contribution < 1.29 is 9.90 Å². The Balaban J connectivity index is 1.77. The lowest BCUT2D eigenvalue weighted by atomic mass is 10.2. The summed E-state index contributed by atoms with van der Waals surface area (Å²) in [5.41, 5.74) is 0. The van der Waals surface area contributed by atoms with E-state index in [1.165, 1.54) is 0 Å². The Labute approximate surface area is 115 Å². The molecule has 0 radical (unpaired) electrons. The van der Waals surface area contributed by atoms with Crippen LogP contribution in [0.5, 0.6) is 0 Å². The third-order valence-electron chi connectivity index (χ3n) is 4.09. The minimum absolute atomic E-state index is 0.156. The van der Waals surface area contributed by atoms with Crippen LogP contribution in [0.25, 0.3) is 0 Å². The normalized spacial score (nSPS) is 25.5. The number of carbonyl (C=O) groups is 1. The average Bonchev–Trinajstić information content (AvgIpc) is 2.87. The molecule has 0 bridgehead atoms. The van der Waals surface area contributed by atoms with Crippen molar-refractivity contribution in [1.82, 2.24) is 14.7 Å². The van der Waals surface area contributed by atoms with Crippen molar-refractivity contribution >= 4 is 5.91 Å². The first kappa shape index (κ1) is 14.3. The van der Waals surface area contributed by atoms with Crippen molar-refractivity contribution in [3.05, 3.63) is 0 Å². The van der Waals surface area contributed by atoms with Crippen LogP contribution in [0.2, 0.25) is 0 Å². The van der Waals surface area contributed by atoms with Gasteiger partial charge in [0.05, 0.1) is 19.7 Å². The number of amides is 1. The monoisotopic (exact) mass is 265 g/mol. The van der Waals surface area contributed by atoms with E-state index >= 15 is 0 Å². The van der Waals surface area contributed by atoms with Gasteiger partial charge in [0.2, 0.25) is 5.91 Å². The van der Waals surface area contributed by atoms with E-state index in [2.05, 4.69) is 15.7 Å². The fourth-order valence-electron chi connectivity index (χ4n) is 2.87. The van der Waals surface area contributed by atoms with Gasteiger partial charge in [0.1, 0.15) is 0 Å². The second kappa shape index (κ2) is 6.90. The maximum Gasteiger partial charge on any atom is 0.236 e. The summed E-state index contributed by atoms with van der Waals surface area (Å²) < 4.78 is 0. The zero-order chi connectivity index (χ0) is 13.7. The molecule has 1 N–H and O–H groups in total. The summed E-state index contributed by atoms with van der Waals surface area (Å²) in [7, 11) is 0. The summed E-state index contributed by atoms with van der Waals surface area (Å²) in [5.74, 6) is 2.82. The minimum Gasteiger partial charge on any atom is -0.395 e. The van der Waals surface area contributed by atoms with E-state index in [1.807, 2.05) is 4.90 Å². The zero-order valence-corrected chi connectivity index (χ0v) is 11.4. The van der Waals surface area contributed by atoms with Crippen LogP contribution in [-0.4, -0.2) is 84.2 Å². The van der Waals surface area contributed by atoms with Gasteiger partial charge in [0.25, 0.3) is 0 Å². The van der Waals surface area contributed by atoms with Gasteiger partial charge in [-0.2, -0.15) is 0 Å². The fourth-order valence-corrected chi connectivity index (χ4v) is 2.87. The molecule has 2 rings (SSSR count). The number of hydrogen-bond donors (Lipinski definition) is 1. The Morgan fingerprint density at radius 1 is 1.26 bits per heavy atom. The number of terminal acetylenes is 1. The fraction of sp³-hybridized carbons (Fsp3) is 0.786. The highest BCUT2D eigenvalue weighted by molar-refractivity contribution is 5.78. The first-order valence-electron chi connectivity index (χ1n) is 7.03. The van der Waals surface area contributed by atoms with Crippen LogP contribution in [0.4, 0.5) is 0 Å². The molecule has 2 aliphatic heterocycles. The maximum absolute atomic E-state index is 12.2. The molecule has 5 heteroatoms. The smallest absolute Gasteiger partial charge is 0.236 e. The second-order valence-electron chi connectivity index (χ2n) is 5.31. The lowest BCUT2D eigenvalue weighted by Crippen LogP contribution is -2.51. The third-order valence-corrected chi connectivity index (χ3v) is 4.09. The first-order valence-corrected chi connectivity index (χ1v) is 7.03. The zero-order valence-electron chi connectivity index (χ0n) is 11.4. The summed E-state index contributed by atoms with van der Waals surface area (Å²) >= 11 is 0. The largest absolute Gasteiger partial charge is 0.395 e. The molecule has 0 spiro atoms. The summed E-state index contributed by atoms with van der Waals surface area (Å²) in [5, 5.41) is 9.26. The molecule has 2 saturated heterocycles. The summed E-state index contributed by atoms with van der Waals surface area (Å²) in [6.45, 7) is 5.44. The standard InChI is InChI=1S/C14H23N3O2/c1-2-5-15-7-9-16(10-8-15)14(19)11-17-6-3-4-13(17)12-18/h1,13,18H,3-12H2/t13-/m1/s1. The van der Waals surface area contributed by atoms with Gasteiger partial charge in [0, 0.05) is 32.2 Å². The van der Waals surface area contributed by atoms with Gasteiger partial charge in [-0.05, 0) is 19.4 Å². The molecule has 0 saturated carbocycles. The Morgan fingerprint density at radius 2 is 2.00 bits per heavy atom. The van der Waals surface area contributed by atoms with E-state index in [9.17, 15) is 9.90 Å². The Bertz CT molecular complexity index is 345. The number of rotatable bonds is 4. The Kier molecular flexibility index (Phi) is 5.20. The molecule has 0 aromatic rings. The summed E-state index contributed by atoms with van der Waals surface area (Å²) in [6.07, 6.45) is 7.37. The van der Waals surface area contributed by atoms with Crippen LogP contribution in [0.1, 0.15) is 12.8 Å². The lowest BCUT2D eigenvalue weighted by Gasteiger charge is -2.35. The molecular weight excluding hydrogens is 242 g/mol. The number of hydrogen-bond acceptors (Lipinski definition) is 4. The summed E-state index contributed by atoms with van der Waals surface area (Å²) in [6, 6.07) is 0.173. The molecule has 2 fully saturated rings. The number of aliphatic hydroxyl groups is 1. The highest BCUT2D eigenvalue weighted by Gasteiger charge is 2.28. The lowest BCUT2D eigenvalue weighted by molar-refractivity contribution is -0.134. The van der Waals surface area contributed by atoms with E-state index in [4.69, 9.17) is 6.42 Å². The van der Waals surface area contributed by atoms with Gasteiger partial charge in [-0.25, -0.2) is 0 Å². The van der Waals surface area contributed by atoms with E-state index < -0.39 is 0 Å². The molecule has 19 heavy (non-hydrogen) atoms. The average molecular weight is 265 g/mol. The topological polar surface area (TPSA) is 47.0 Å². The van der Waals surface area contributed by atoms with E-state index in [-0.39, 0.29) is 18.6 Å². The molecule has 0 aromatic carbocycles. The third kappa shape index (κ3) is 3.69. The van der Waals surface area contributed by atoms with Gasteiger partial charge in [-0.3, -0.25) is 14.6 Å². The van der Waals surface area contributed by atoms with Gasteiger partial charge in [-0.15, -0.1) is 6.42 Å². The van der Waals surface area contributed by atoms with Gasteiger partial charge < -0.3 is 10.0 Å². The molecule has 0 aliphatic carbocycles. The van der Waals surface area contributed by atoms with Crippen molar-refractivity contribution in [2.45, 2.75) is 18.9 Å². The number of aliphatic hydroxyl groups excluding tert-OH is 1. The SMILES string of the molecule is C#CCN1CCN(C(=O)CN2CCC[C@@H]2CO)CC1. The van der Waals surface area contributed by atoms with Crippen LogP contribution in [0.3, 0.4) is 0 Å². The van der Waals surface area contributed by atoms with Crippen molar-refractivity contribution in [2.75, 3.05) is 52.4 Å². The molecule has 1 amide bonds. The molecular formula is C14H23N3O2. The molecule has 5 nitrogen and oxygen atoms in total. The highest BCUT2D eigenvalue weighted by Crippen LogP contribution is 2.16. The van der Waals surface area contributed by atoms with Gasteiger partial charge in [-0.1, -0.05) is 5.92 Å². The molecule has 106 valence electrons. The Morgan fingerprint density at radius 3 is 2.63 bits per heavy atom. The van der Waals surface area contributed by atoms with E-state index in [0.29, 0.717) is 13.1 Å². The number of likely N-dealkylation sites (tertiary alicyclic amines) is 1. The van der Waals surface area contributed by atoms with Crippen molar-refractivity contribution in [1.29, 1.82) is 0 Å². The Hall–Kier alpha value is -1.09. The quantitative estimate of drug-likeness (QED) is 0.678. The highest BCUT2D eigenvalue weighted by atomic mass is 16.3. The van der Waals surface area contributed by atoms with Crippen LogP contribution in [0, 0.1) is 12.3 Å². The summed E-state index contributed by atoms with van der Waals surface area (Å²) in [4.78, 5) is 18.4. The molecule has 2 heterocycles. The van der Waals surface area contributed by atoms with Crippen molar-refractivity contribution in [2.24, 2.45) is 0 Å². The molecule has 1 atom stereocenters. The minimum atomic E-state index is 0.156. The van der Waals surface area contributed by atoms with Gasteiger partial charge >= 0.3 is 0 Å². The van der Waals surface area contributed by atoms with Gasteiger partial charge in [0.15, 0.2) is 0 Å². The first-order chi connectivity index (χ1) is 9.24. The number of nitrogens with zero attached hydrogens (tertiary/aromatic N) is 3. The predicted molar refractivity (Wildman–Crippen MR) is 73.5 cm³/mol. The van der Waals surface area contributed by atoms with Crippen LogP contribution in [-0.2, 0) is 4.79 Å². The van der Waals surface area contributed by atoms with Crippen LogP contribution in [0.15, 0.2) is 0 Å². The predicted octanol–water partition coefficient (Wildman–Crippen LogP) is -0.779. The molecule has 0 unspecified atom stereocenters. The molecule has 2 aliphatic rings. The maximum atomic E-state index is 12.2. The number of piperazine rings is 1. The van der Waals surface area contributed by atoms with Crippen LogP contribution >= 0.6 is 0 Å². The van der Waals surface area contributed by atoms with Crippen molar-refractivity contribution in [3.8, 4) is 12.3 Å². The van der Waals surface area contributed by atoms with Crippen molar-refractivity contribution in [3.63, 3.8) is 0 Å². The van der Waals surface area contributed by atoms with Crippen LogP contribution < -0.4 is 0 Å². The van der Waals surface area contributed by atoms with E-state index in [1.54, 1.807) is 0 Å². The van der Waals surface area contributed by atoms with E-state index in [0.717, 1.165) is 45.6 Å².